The lowest BCUT2D eigenvalue weighted by atomic mass is 10.1. The number of rotatable bonds is 11. The van der Waals surface area contributed by atoms with Crippen LogP contribution < -0.4 is 4.90 Å². The molecule has 2 saturated heterocycles. The lowest BCUT2D eigenvalue weighted by molar-refractivity contribution is 0.325. The third-order valence-electron chi connectivity index (χ3n) is 12.0. The number of aromatic amines is 4. The number of pyridine rings is 4. The maximum Gasteiger partial charge on any atom is 0.161 e. The van der Waals surface area contributed by atoms with Crippen molar-refractivity contribution in [1.29, 1.82) is 0 Å². The van der Waals surface area contributed by atoms with Crippen LogP contribution in [0.4, 0.5) is 5.69 Å². The standard InChI is InChI=1S/C26H30N8.C24H25N7.2C2H6/c1-5-9-22(34-12-7-6-8-13-34)23-17(2)28-26(30-23)25-24-21(31-32-25)11-10-20(29-24)18-14-19(33(3)4)16-27-15-18;1-3-8-20(31-13-5-4-6-14-31)21-16(2)26-24(28-21)23-22-19(29-30-23)11-10-18(27-22)17-9-7-12-25-15-17;2*1-2/h5,9-11,14-16H,1,6-8,12-13H2,2-4H3,(H,28,30)(H,31,32);3,7-12,15H,1,4-6,13-14H2,2H3,(H,26,28)(H,29,30);2*1-2H3/b22-9+;20-8+;;. The summed E-state index contributed by atoms with van der Waals surface area (Å²) in [5.41, 5.74) is 15.5. The van der Waals surface area contributed by atoms with Crippen molar-refractivity contribution in [1.82, 2.24) is 70.1 Å². The maximum absolute atomic E-state index is 4.98. The molecule has 15 nitrogen and oxygen atoms in total. The van der Waals surface area contributed by atoms with Crippen LogP contribution in [0.2, 0.25) is 0 Å². The topological polar surface area (TPSA) is 176 Å². The zero-order valence-electron chi connectivity index (χ0n) is 41.6. The van der Waals surface area contributed by atoms with E-state index >= 15 is 0 Å². The monoisotopic (exact) mass is 926 g/mol. The Morgan fingerprint density at radius 3 is 1.52 bits per heavy atom. The van der Waals surface area contributed by atoms with Crippen LogP contribution in [0.1, 0.15) is 89.0 Å². The normalized spacial score (nSPS) is 14.0. The van der Waals surface area contributed by atoms with E-state index < -0.39 is 0 Å². The number of fused-ring (bicyclic) bond motifs is 2. The highest BCUT2D eigenvalue weighted by Gasteiger charge is 2.24. The molecule has 0 spiro atoms. The fourth-order valence-electron chi connectivity index (χ4n) is 8.58. The molecule has 2 aliphatic heterocycles. The van der Waals surface area contributed by atoms with E-state index in [1.54, 1.807) is 6.20 Å². The number of nitrogens with one attached hydrogen (secondary N) is 4. The SMILES string of the molecule is C=C/C=C(\c1nc(-c2n[nH]c3ccc(-c4cccnc4)nc23)[nH]c1C)N1CCCCC1.C=C/C=C(\c1nc(-c2n[nH]c3ccc(-c4cncc(N(C)C)c4)nc23)[nH]c1C)N1CCCCC1.CC.CC. The van der Waals surface area contributed by atoms with Crippen LogP contribution >= 0.6 is 0 Å². The van der Waals surface area contributed by atoms with E-state index in [1.165, 1.54) is 38.5 Å². The third-order valence-corrected chi connectivity index (χ3v) is 12.0. The van der Waals surface area contributed by atoms with Crippen LogP contribution in [-0.2, 0) is 0 Å². The second-order valence-corrected chi connectivity index (χ2v) is 16.7. The van der Waals surface area contributed by atoms with Gasteiger partial charge in [-0.25, -0.2) is 19.9 Å². The number of imidazole rings is 2. The highest BCUT2D eigenvalue weighted by Crippen LogP contribution is 2.33. The first kappa shape index (κ1) is 49.2. The van der Waals surface area contributed by atoms with Gasteiger partial charge in [0.15, 0.2) is 23.0 Å². The van der Waals surface area contributed by atoms with Crippen molar-refractivity contribution in [2.24, 2.45) is 0 Å². The molecule has 0 unspecified atom stereocenters. The minimum Gasteiger partial charge on any atom is -0.376 e. The fourth-order valence-corrected chi connectivity index (χ4v) is 8.58. The van der Waals surface area contributed by atoms with Gasteiger partial charge in [-0.2, -0.15) is 10.2 Å². The van der Waals surface area contributed by atoms with Gasteiger partial charge in [-0.1, -0.05) is 53.0 Å². The molecule has 0 aromatic carbocycles. The van der Waals surface area contributed by atoms with Gasteiger partial charge < -0.3 is 24.7 Å². The molecule has 0 radical (unpaired) electrons. The Labute approximate surface area is 406 Å². The van der Waals surface area contributed by atoms with Gasteiger partial charge in [0.25, 0.3) is 0 Å². The highest BCUT2D eigenvalue weighted by molar-refractivity contribution is 5.91. The summed E-state index contributed by atoms with van der Waals surface area (Å²) in [6.07, 6.45) is 22.4. The minimum absolute atomic E-state index is 0.704. The Hall–Kier alpha value is -7.68. The molecule has 8 aromatic rings. The van der Waals surface area contributed by atoms with E-state index in [2.05, 4.69) is 95.4 Å². The summed E-state index contributed by atoms with van der Waals surface area (Å²) < 4.78 is 0. The van der Waals surface area contributed by atoms with E-state index in [9.17, 15) is 0 Å². The Balaban J connectivity index is 0.000000191. The molecule has 10 heterocycles. The summed E-state index contributed by atoms with van der Waals surface area (Å²) in [6.45, 7) is 24.1. The van der Waals surface area contributed by atoms with Crippen LogP contribution in [-0.4, -0.2) is 110 Å². The molecule has 0 saturated carbocycles. The van der Waals surface area contributed by atoms with Gasteiger partial charge >= 0.3 is 0 Å². The summed E-state index contributed by atoms with van der Waals surface area (Å²) in [6, 6.07) is 14.0. The Kier molecular flexibility index (Phi) is 16.7. The maximum atomic E-state index is 4.98. The summed E-state index contributed by atoms with van der Waals surface area (Å²) in [4.78, 5) is 42.0. The molecule has 0 aliphatic carbocycles. The first-order valence-corrected chi connectivity index (χ1v) is 24.3. The minimum atomic E-state index is 0.704. The van der Waals surface area contributed by atoms with Crippen LogP contribution in [0, 0.1) is 13.8 Å². The van der Waals surface area contributed by atoms with Gasteiger partial charge in [-0.15, -0.1) is 0 Å². The molecular weight excluding hydrogens is 859 g/mol. The molecule has 4 N–H and O–H groups in total. The van der Waals surface area contributed by atoms with Crippen molar-refractivity contribution in [2.75, 3.05) is 45.2 Å². The van der Waals surface area contributed by atoms with Crippen LogP contribution in [0.3, 0.4) is 0 Å². The largest absolute Gasteiger partial charge is 0.376 e. The van der Waals surface area contributed by atoms with E-state index in [-0.39, 0.29) is 0 Å². The number of piperidine rings is 2. The number of aromatic nitrogens is 12. The molecular formula is C54H67N15. The van der Waals surface area contributed by atoms with Gasteiger partial charge in [0, 0.05) is 81.4 Å². The number of hydrogen-bond donors (Lipinski definition) is 4. The van der Waals surface area contributed by atoms with E-state index in [1.807, 2.05) is 114 Å². The Bertz CT molecular complexity index is 3010. The van der Waals surface area contributed by atoms with Crippen LogP contribution in [0.5, 0.6) is 0 Å². The summed E-state index contributed by atoms with van der Waals surface area (Å²) >= 11 is 0. The van der Waals surface area contributed by atoms with Gasteiger partial charge in [0.05, 0.1) is 45.7 Å². The molecule has 2 fully saturated rings. The second-order valence-electron chi connectivity index (χ2n) is 16.7. The molecule has 8 aromatic heterocycles. The number of anilines is 1. The summed E-state index contributed by atoms with van der Waals surface area (Å²) in [7, 11) is 4.00. The quantitative estimate of drug-likeness (QED) is 0.0908. The van der Waals surface area contributed by atoms with E-state index in [0.29, 0.717) is 23.0 Å². The summed E-state index contributed by atoms with van der Waals surface area (Å²) in [5.74, 6) is 1.41. The van der Waals surface area contributed by atoms with Gasteiger partial charge in [0.2, 0.25) is 0 Å². The Morgan fingerprint density at radius 1 is 0.594 bits per heavy atom. The zero-order valence-corrected chi connectivity index (χ0v) is 41.6. The van der Waals surface area contributed by atoms with Gasteiger partial charge in [0.1, 0.15) is 22.4 Å². The number of allylic oxidation sites excluding steroid dienone is 4. The predicted octanol–water partition coefficient (Wildman–Crippen LogP) is 11.6. The van der Waals surface area contributed by atoms with Crippen molar-refractivity contribution in [2.45, 2.75) is 80.1 Å². The summed E-state index contributed by atoms with van der Waals surface area (Å²) in [5, 5.41) is 15.3. The molecule has 2 aliphatic rings. The lowest BCUT2D eigenvalue weighted by Crippen LogP contribution is -2.28. The molecule has 10 rings (SSSR count). The highest BCUT2D eigenvalue weighted by atomic mass is 15.2. The third kappa shape index (κ3) is 11.0. The molecule has 15 heteroatoms. The predicted molar refractivity (Wildman–Crippen MR) is 283 cm³/mol. The lowest BCUT2D eigenvalue weighted by Gasteiger charge is -2.30. The molecule has 358 valence electrons. The van der Waals surface area contributed by atoms with Gasteiger partial charge in [-0.3, -0.25) is 20.2 Å². The van der Waals surface area contributed by atoms with E-state index in [4.69, 9.17) is 19.9 Å². The average molecular weight is 926 g/mol. The second kappa shape index (κ2) is 23.4. The number of hydrogen-bond acceptors (Lipinski definition) is 11. The van der Waals surface area contributed by atoms with Crippen LogP contribution in [0.15, 0.2) is 105 Å². The molecule has 0 amide bonds. The zero-order chi connectivity index (χ0) is 48.9. The number of likely N-dealkylation sites (tertiary alicyclic amines) is 2. The first-order valence-electron chi connectivity index (χ1n) is 24.3. The number of nitrogens with zero attached hydrogens (tertiary/aromatic N) is 11. The molecule has 0 bridgehead atoms. The molecule has 0 atom stereocenters. The fraction of sp³-hybridized carbons (Fsp3) is 0.333. The average Bonchev–Trinajstić information content (AvgIpc) is 4.21. The van der Waals surface area contributed by atoms with E-state index in [0.717, 1.165) is 111 Å². The van der Waals surface area contributed by atoms with Crippen molar-refractivity contribution in [3.63, 3.8) is 0 Å². The van der Waals surface area contributed by atoms with Crippen molar-refractivity contribution < 1.29 is 0 Å². The van der Waals surface area contributed by atoms with Crippen molar-refractivity contribution in [3.8, 4) is 45.6 Å². The van der Waals surface area contributed by atoms with Crippen molar-refractivity contribution >= 4 is 39.1 Å². The molecule has 69 heavy (non-hydrogen) atoms. The number of H-pyrrole nitrogens is 4. The first-order chi connectivity index (χ1) is 33.8. The van der Waals surface area contributed by atoms with Crippen molar-refractivity contribution in [3.05, 3.63) is 127 Å². The van der Waals surface area contributed by atoms with Crippen LogP contribution in [0.25, 0.3) is 79.0 Å². The van der Waals surface area contributed by atoms with Gasteiger partial charge in [-0.05, 0) is 107 Å². The number of aryl methyl sites for hydroxylation is 2. The Morgan fingerprint density at radius 2 is 1.07 bits per heavy atom. The smallest absolute Gasteiger partial charge is 0.161 e.